The van der Waals surface area contributed by atoms with E-state index in [2.05, 4.69) is 44.6 Å². The second-order valence-electron chi connectivity index (χ2n) is 7.51. The number of anilines is 1. The number of nitrogens with one attached hydrogen (secondary N) is 1. The number of carbonyl (C=O) groups excluding carboxylic acids is 1. The molecule has 0 aliphatic rings. The van der Waals surface area contributed by atoms with Gasteiger partial charge in [-0.05, 0) is 56.0 Å². The van der Waals surface area contributed by atoms with Gasteiger partial charge in [-0.1, -0.05) is 12.1 Å². The number of rotatable bonds is 8. The van der Waals surface area contributed by atoms with Gasteiger partial charge in [-0.3, -0.25) is 4.79 Å². The lowest BCUT2D eigenvalue weighted by Gasteiger charge is -2.12. The fourth-order valence-electron chi connectivity index (χ4n) is 3.32. The molecule has 0 atom stereocenters. The van der Waals surface area contributed by atoms with Crippen molar-refractivity contribution in [3.05, 3.63) is 47.2 Å². The number of fused-ring (bicyclic) bond motifs is 1. The van der Waals surface area contributed by atoms with Crippen molar-refractivity contribution in [2.24, 2.45) is 7.05 Å². The third kappa shape index (κ3) is 5.04. The molecule has 0 unspecified atom stereocenters. The first kappa shape index (κ1) is 20.6. The number of amides is 1. The van der Waals surface area contributed by atoms with Crippen LogP contribution >= 0.6 is 0 Å². The molecule has 0 aliphatic heterocycles. The van der Waals surface area contributed by atoms with Gasteiger partial charge in [-0.15, -0.1) is 5.10 Å². The zero-order chi connectivity index (χ0) is 21.0. The summed E-state index contributed by atoms with van der Waals surface area (Å²) in [5.41, 5.74) is 5.18. The Kier molecular flexibility index (Phi) is 6.36. The number of benzene rings is 1. The van der Waals surface area contributed by atoms with E-state index in [0.29, 0.717) is 12.4 Å². The van der Waals surface area contributed by atoms with Crippen molar-refractivity contribution in [3.63, 3.8) is 0 Å². The molecule has 154 valence electrons. The van der Waals surface area contributed by atoms with Crippen molar-refractivity contribution in [2.75, 3.05) is 32.1 Å². The Hall–Kier alpha value is -3.09. The van der Waals surface area contributed by atoms with Crippen LogP contribution in [0.4, 0.5) is 5.69 Å². The first-order valence-corrected chi connectivity index (χ1v) is 9.82. The van der Waals surface area contributed by atoms with Gasteiger partial charge in [0.25, 0.3) is 5.91 Å². The fraction of sp³-hybridized carbons (Fsp3) is 0.409. The molecule has 0 saturated heterocycles. The molecule has 1 amide bonds. The van der Waals surface area contributed by atoms with E-state index in [1.807, 2.05) is 41.1 Å². The zero-order valence-electron chi connectivity index (χ0n) is 17.8. The van der Waals surface area contributed by atoms with Gasteiger partial charge in [0.15, 0.2) is 12.3 Å². The second-order valence-corrected chi connectivity index (χ2v) is 7.51. The van der Waals surface area contributed by atoms with Crippen LogP contribution in [-0.4, -0.2) is 47.9 Å². The highest BCUT2D eigenvalue weighted by atomic mass is 16.5. The van der Waals surface area contributed by atoms with Gasteiger partial charge in [0, 0.05) is 39.1 Å². The Labute approximate surface area is 171 Å². The molecule has 0 saturated carbocycles. The highest BCUT2D eigenvalue weighted by Gasteiger charge is 2.15. The van der Waals surface area contributed by atoms with Gasteiger partial charge < -0.3 is 15.0 Å². The van der Waals surface area contributed by atoms with E-state index in [-0.39, 0.29) is 12.5 Å². The lowest BCUT2D eigenvalue weighted by molar-refractivity contribution is -0.123. The van der Waals surface area contributed by atoms with E-state index in [1.54, 1.807) is 4.68 Å². The molecule has 3 aromatic rings. The molecule has 0 bridgehead atoms. The standard InChI is InChI=1S/C22H29N5O2/c1-15-13-16(2)24-21-20(15)22(25-27(21)5)29-14-19(28)23-12-6-7-17-8-10-18(11-9-17)26(3)4/h8-11,13H,6-7,12,14H2,1-5H3,(H,23,28). The molecular formula is C22H29N5O2. The van der Waals surface area contributed by atoms with Crippen LogP contribution in [0.15, 0.2) is 30.3 Å². The molecule has 29 heavy (non-hydrogen) atoms. The van der Waals surface area contributed by atoms with Crippen LogP contribution in [0.2, 0.25) is 0 Å². The molecule has 3 rings (SSSR count). The van der Waals surface area contributed by atoms with Crippen LogP contribution in [0.3, 0.4) is 0 Å². The van der Waals surface area contributed by atoms with Gasteiger partial charge in [0.05, 0.1) is 5.39 Å². The average Bonchev–Trinajstić information content (AvgIpc) is 3.00. The van der Waals surface area contributed by atoms with Crippen LogP contribution in [0.1, 0.15) is 23.2 Å². The minimum atomic E-state index is -0.149. The van der Waals surface area contributed by atoms with Crippen molar-refractivity contribution in [1.29, 1.82) is 0 Å². The van der Waals surface area contributed by atoms with Crippen molar-refractivity contribution in [1.82, 2.24) is 20.1 Å². The number of nitrogens with zero attached hydrogens (tertiary/aromatic N) is 4. The summed E-state index contributed by atoms with van der Waals surface area (Å²) in [5, 5.41) is 8.13. The van der Waals surface area contributed by atoms with E-state index >= 15 is 0 Å². The molecule has 0 spiro atoms. The number of aromatic nitrogens is 3. The van der Waals surface area contributed by atoms with Gasteiger partial charge >= 0.3 is 0 Å². The molecule has 7 heteroatoms. The summed E-state index contributed by atoms with van der Waals surface area (Å²) in [6, 6.07) is 10.5. The maximum atomic E-state index is 12.1. The Morgan fingerprint density at radius 1 is 1.21 bits per heavy atom. The highest BCUT2D eigenvalue weighted by Crippen LogP contribution is 2.26. The van der Waals surface area contributed by atoms with E-state index in [0.717, 1.165) is 35.1 Å². The van der Waals surface area contributed by atoms with Gasteiger partial charge in [-0.25, -0.2) is 9.67 Å². The maximum Gasteiger partial charge on any atom is 0.258 e. The summed E-state index contributed by atoms with van der Waals surface area (Å²) < 4.78 is 7.37. The number of pyridine rings is 1. The van der Waals surface area contributed by atoms with Crippen LogP contribution in [0, 0.1) is 13.8 Å². The highest BCUT2D eigenvalue weighted by molar-refractivity contribution is 5.85. The average molecular weight is 396 g/mol. The molecule has 0 aliphatic carbocycles. The molecule has 0 fully saturated rings. The summed E-state index contributed by atoms with van der Waals surface area (Å²) in [6.45, 7) is 4.50. The first-order valence-electron chi connectivity index (χ1n) is 9.82. The second kappa shape index (κ2) is 8.94. The third-order valence-corrected chi connectivity index (χ3v) is 4.84. The quantitative estimate of drug-likeness (QED) is 0.594. The summed E-state index contributed by atoms with van der Waals surface area (Å²) in [4.78, 5) is 18.7. The Morgan fingerprint density at radius 2 is 1.93 bits per heavy atom. The van der Waals surface area contributed by atoms with Crippen LogP contribution in [0.25, 0.3) is 11.0 Å². The number of aryl methyl sites for hydroxylation is 4. The van der Waals surface area contributed by atoms with Gasteiger partial charge in [-0.2, -0.15) is 0 Å². The van der Waals surface area contributed by atoms with Crippen molar-refractivity contribution in [2.45, 2.75) is 26.7 Å². The van der Waals surface area contributed by atoms with Crippen LogP contribution in [-0.2, 0) is 18.3 Å². The number of hydrogen-bond donors (Lipinski definition) is 1. The summed E-state index contributed by atoms with van der Waals surface area (Å²) in [6.07, 6.45) is 1.80. The number of hydrogen-bond acceptors (Lipinski definition) is 5. The lowest BCUT2D eigenvalue weighted by Crippen LogP contribution is -2.30. The van der Waals surface area contributed by atoms with Crippen molar-refractivity contribution in [3.8, 4) is 5.88 Å². The summed E-state index contributed by atoms with van der Waals surface area (Å²) >= 11 is 0. The number of ether oxygens (including phenoxy) is 1. The molecular weight excluding hydrogens is 366 g/mol. The molecule has 0 radical (unpaired) electrons. The van der Waals surface area contributed by atoms with Crippen molar-refractivity contribution < 1.29 is 9.53 Å². The molecule has 7 nitrogen and oxygen atoms in total. The van der Waals surface area contributed by atoms with Crippen molar-refractivity contribution >= 4 is 22.6 Å². The smallest absolute Gasteiger partial charge is 0.258 e. The SMILES string of the molecule is Cc1cc(C)c2c(OCC(=O)NCCCc3ccc(N(C)C)cc3)nn(C)c2n1. The van der Waals surface area contributed by atoms with E-state index in [4.69, 9.17) is 4.74 Å². The van der Waals surface area contributed by atoms with Gasteiger partial charge in [0.2, 0.25) is 5.88 Å². The Morgan fingerprint density at radius 3 is 2.62 bits per heavy atom. The van der Waals surface area contributed by atoms with Crippen LogP contribution in [0.5, 0.6) is 5.88 Å². The predicted octanol–water partition coefficient (Wildman–Crippen LogP) is 2.78. The third-order valence-electron chi connectivity index (χ3n) is 4.84. The Bertz CT molecular complexity index is 993. The minimum Gasteiger partial charge on any atom is -0.466 e. The summed E-state index contributed by atoms with van der Waals surface area (Å²) in [7, 11) is 5.88. The maximum absolute atomic E-state index is 12.1. The summed E-state index contributed by atoms with van der Waals surface area (Å²) in [5.74, 6) is 0.299. The lowest BCUT2D eigenvalue weighted by atomic mass is 10.1. The zero-order valence-corrected chi connectivity index (χ0v) is 17.8. The normalized spacial score (nSPS) is 10.9. The molecule has 2 heterocycles. The van der Waals surface area contributed by atoms with E-state index < -0.39 is 0 Å². The molecule has 1 aromatic carbocycles. The van der Waals surface area contributed by atoms with Gasteiger partial charge in [0.1, 0.15) is 0 Å². The van der Waals surface area contributed by atoms with E-state index in [9.17, 15) is 4.79 Å². The topological polar surface area (TPSA) is 72.3 Å². The largest absolute Gasteiger partial charge is 0.466 e. The predicted molar refractivity (Wildman–Crippen MR) is 116 cm³/mol. The van der Waals surface area contributed by atoms with E-state index in [1.165, 1.54) is 11.3 Å². The molecule has 1 N–H and O–H groups in total. The van der Waals surface area contributed by atoms with Crippen LogP contribution < -0.4 is 15.0 Å². The Balaban J connectivity index is 1.46. The monoisotopic (exact) mass is 395 g/mol. The minimum absolute atomic E-state index is 0.0586. The fourth-order valence-corrected chi connectivity index (χ4v) is 3.32. The number of carbonyl (C=O) groups is 1. The molecule has 2 aromatic heterocycles. The first-order chi connectivity index (χ1) is 13.8.